The van der Waals surface area contributed by atoms with Gasteiger partial charge in [0, 0.05) is 13.5 Å². The van der Waals surface area contributed by atoms with Crippen molar-refractivity contribution in [2.24, 2.45) is 0 Å². The number of carbonyl (C=O) groups is 2. The first-order valence-corrected chi connectivity index (χ1v) is 12.4. The van der Waals surface area contributed by atoms with Crippen LogP contribution in [0.15, 0.2) is 28.7 Å². The zero-order chi connectivity index (χ0) is 28.7. The second-order valence-electron chi connectivity index (χ2n) is 10.5. The molecule has 4 rings (SSSR count). The number of benzene rings is 1. The molecule has 0 atom stereocenters. The van der Waals surface area contributed by atoms with Crippen molar-refractivity contribution < 1.29 is 33.3 Å². The predicted octanol–water partition coefficient (Wildman–Crippen LogP) is 4.26. The molecular formula is C28H34N4O7. The number of hydrogen-bond donors (Lipinski definition) is 2. The van der Waals surface area contributed by atoms with Gasteiger partial charge in [-0.05, 0) is 69.0 Å². The highest BCUT2D eigenvalue weighted by Gasteiger charge is 2.43. The summed E-state index contributed by atoms with van der Waals surface area (Å²) in [5, 5.41) is 11.7. The standard InChI is InChI=1S/C28H34N4O7/c1-15-11-18-19(28(4,5)39-27(18,2)3)13-16(15)12-17-9-10-20(38-17)23(35)29-22-24(36-7)30-26(31-25(22)37-8)32(6)14-21(33)34/h9-11,13H,12,14H2,1-8H3,(H,29,35)(H,33,34). The first-order valence-electron chi connectivity index (χ1n) is 12.4. The van der Waals surface area contributed by atoms with Crippen LogP contribution in [0.5, 0.6) is 11.8 Å². The molecule has 0 unspecified atom stereocenters. The van der Waals surface area contributed by atoms with Crippen molar-refractivity contribution in [2.45, 2.75) is 52.2 Å². The van der Waals surface area contributed by atoms with Crippen LogP contribution >= 0.6 is 0 Å². The van der Waals surface area contributed by atoms with Gasteiger partial charge in [-0.25, -0.2) is 0 Å². The number of anilines is 2. The smallest absolute Gasteiger partial charge is 0.323 e. The fraction of sp³-hybridized carbons (Fsp3) is 0.429. The molecule has 208 valence electrons. The number of carboxylic acid groups (broad SMARTS) is 1. The fourth-order valence-corrected chi connectivity index (χ4v) is 4.90. The maximum atomic E-state index is 13.1. The lowest BCUT2D eigenvalue weighted by Crippen LogP contribution is -2.27. The summed E-state index contributed by atoms with van der Waals surface area (Å²) in [5.41, 5.74) is 3.84. The molecule has 0 spiro atoms. The first kappa shape index (κ1) is 27.9. The molecule has 0 aliphatic carbocycles. The highest BCUT2D eigenvalue weighted by atomic mass is 16.5. The summed E-state index contributed by atoms with van der Waals surface area (Å²) in [5.74, 6) is -0.807. The molecule has 0 saturated heterocycles. The van der Waals surface area contributed by atoms with Crippen molar-refractivity contribution in [3.8, 4) is 11.8 Å². The van der Waals surface area contributed by atoms with E-state index < -0.39 is 17.5 Å². The van der Waals surface area contributed by atoms with E-state index in [1.54, 1.807) is 12.1 Å². The number of rotatable bonds is 9. The number of furan rings is 1. The molecule has 39 heavy (non-hydrogen) atoms. The molecular weight excluding hydrogens is 504 g/mol. The lowest BCUT2D eigenvalue weighted by atomic mass is 9.86. The van der Waals surface area contributed by atoms with Crippen LogP contribution in [0, 0.1) is 6.92 Å². The minimum atomic E-state index is -1.05. The van der Waals surface area contributed by atoms with E-state index in [9.17, 15) is 9.59 Å². The van der Waals surface area contributed by atoms with Gasteiger partial charge in [0.15, 0.2) is 11.4 Å². The number of carbonyl (C=O) groups excluding carboxylic acids is 1. The summed E-state index contributed by atoms with van der Waals surface area (Å²) in [4.78, 5) is 33.9. The van der Waals surface area contributed by atoms with E-state index in [0.29, 0.717) is 12.2 Å². The molecule has 1 aliphatic rings. The van der Waals surface area contributed by atoms with Gasteiger partial charge in [0.25, 0.3) is 5.91 Å². The molecule has 3 aromatic rings. The molecule has 1 aliphatic heterocycles. The van der Waals surface area contributed by atoms with Gasteiger partial charge >= 0.3 is 5.97 Å². The number of amides is 1. The van der Waals surface area contributed by atoms with E-state index in [-0.39, 0.29) is 41.3 Å². The minimum Gasteiger partial charge on any atom is -0.480 e. The van der Waals surface area contributed by atoms with Gasteiger partial charge in [0.05, 0.1) is 25.4 Å². The summed E-state index contributed by atoms with van der Waals surface area (Å²) in [6.07, 6.45) is 0.503. The summed E-state index contributed by atoms with van der Waals surface area (Å²) in [7, 11) is 4.26. The van der Waals surface area contributed by atoms with E-state index in [0.717, 1.165) is 16.7 Å². The van der Waals surface area contributed by atoms with Crippen LogP contribution in [0.2, 0.25) is 0 Å². The largest absolute Gasteiger partial charge is 0.480 e. The van der Waals surface area contributed by atoms with Crippen LogP contribution in [0.3, 0.4) is 0 Å². The summed E-state index contributed by atoms with van der Waals surface area (Å²) in [6.45, 7) is 10.0. The number of carboxylic acids is 1. The highest BCUT2D eigenvalue weighted by Crippen LogP contribution is 2.47. The van der Waals surface area contributed by atoms with E-state index in [4.69, 9.17) is 23.7 Å². The third-order valence-electron chi connectivity index (χ3n) is 6.70. The van der Waals surface area contributed by atoms with Crippen LogP contribution in [0.4, 0.5) is 11.6 Å². The maximum Gasteiger partial charge on any atom is 0.323 e. The molecule has 2 aromatic heterocycles. The van der Waals surface area contributed by atoms with E-state index in [1.165, 1.54) is 31.7 Å². The predicted molar refractivity (Wildman–Crippen MR) is 144 cm³/mol. The number of nitrogens with one attached hydrogen (secondary N) is 1. The lowest BCUT2D eigenvalue weighted by Gasteiger charge is -2.24. The zero-order valence-corrected chi connectivity index (χ0v) is 23.5. The van der Waals surface area contributed by atoms with Gasteiger partial charge in [-0.2, -0.15) is 9.97 Å². The zero-order valence-electron chi connectivity index (χ0n) is 23.5. The molecule has 11 heteroatoms. The Morgan fingerprint density at radius 2 is 1.62 bits per heavy atom. The number of aliphatic carboxylic acids is 1. The van der Waals surface area contributed by atoms with Gasteiger partial charge in [-0.15, -0.1) is 0 Å². The second kappa shape index (κ2) is 10.2. The summed E-state index contributed by atoms with van der Waals surface area (Å²) >= 11 is 0. The SMILES string of the molecule is COc1nc(N(C)CC(=O)O)nc(OC)c1NC(=O)c1ccc(Cc2cc3c(cc2C)C(C)(C)OC3(C)C)o1. The minimum absolute atomic E-state index is 0.00995. The Labute approximate surface area is 227 Å². The fourth-order valence-electron chi connectivity index (χ4n) is 4.90. The quantitative estimate of drug-likeness (QED) is 0.407. The molecule has 2 N–H and O–H groups in total. The number of fused-ring (bicyclic) bond motifs is 1. The molecule has 11 nitrogen and oxygen atoms in total. The Morgan fingerprint density at radius 3 is 2.18 bits per heavy atom. The Balaban J connectivity index is 1.56. The summed E-state index contributed by atoms with van der Waals surface area (Å²) in [6, 6.07) is 7.70. The Bertz CT molecular complexity index is 1400. The summed E-state index contributed by atoms with van der Waals surface area (Å²) < 4.78 is 22.9. The van der Waals surface area contributed by atoms with Crippen LogP contribution in [-0.2, 0) is 27.2 Å². The highest BCUT2D eigenvalue weighted by molar-refractivity contribution is 6.03. The van der Waals surface area contributed by atoms with Crippen molar-refractivity contribution in [3.05, 3.63) is 58.0 Å². The van der Waals surface area contributed by atoms with Crippen LogP contribution in [-0.4, -0.2) is 54.8 Å². The monoisotopic (exact) mass is 538 g/mol. The Morgan fingerprint density at radius 1 is 1.03 bits per heavy atom. The molecule has 0 saturated carbocycles. The van der Waals surface area contributed by atoms with Crippen molar-refractivity contribution in [2.75, 3.05) is 38.0 Å². The molecule has 1 amide bonds. The van der Waals surface area contributed by atoms with Crippen molar-refractivity contribution in [1.29, 1.82) is 0 Å². The average Bonchev–Trinajstić information content (AvgIpc) is 3.38. The third-order valence-corrected chi connectivity index (χ3v) is 6.70. The first-order chi connectivity index (χ1) is 18.3. The Hall–Kier alpha value is -4.12. The number of methoxy groups -OCH3 is 2. The second-order valence-corrected chi connectivity index (χ2v) is 10.5. The van der Waals surface area contributed by atoms with E-state index in [1.807, 2.05) is 0 Å². The van der Waals surface area contributed by atoms with Crippen molar-refractivity contribution in [3.63, 3.8) is 0 Å². The van der Waals surface area contributed by atoms with Gasteiger partial charge in [-0.1, -0.05) is 12.1 Å². The van der Waals surface area contributed by atoms with Gasteiger partial charge in [-0.3, -0.25) is 9.59 Å². The van der Waals surface area contributed by atoms with E-state index >= 15 is 0 Å². The van der Waals surface area contributed by atoms with Gasteiger partial charge < -0.3 is 34.0 Å². The number of nitrogens with zero attached hydrogens (tertiary/aromatic N) is 3. The van der Waals surface area contributed by atoms with E-state index in [2.05, 4.69) is 62.0 Å². The molecule has 0 bridgehead atoms. The van der Waals surface area contributed by atoms with Crippen LogP contribution in [0.25, 0.3) is 0 Å². The number of likely N-dealkylation sites (N-methyl/N-ethyl adjacent to an activating group) is 1. The molecule has 1 aromatic carbocycles. The number of aryl methyl sites for hydroxylation is 1. The van der Waals surface area contributed by atoms with Crippen molar-refractivity contribution >= 4 is 23.5 Å². The third kappa shape index (κ3) is 5.53. The number of ether oxygens (including phenoxy) is 3. The topological polar surface area (TPSA) is 136 Å². The molecule has 0 fully saturated rings. The Kier molecular flexibility index (Phi) is 7.31. The average molecular weight is 539 g/mol. The van der Waals surface area contributed by atoms with Crippen LogP contribution in [0.1, 0.15) is 66.3 Å². The molecule has 0 radical (unpaired) electrons. The normalized spacial score (nSPS) is 15.0. The number of aromatic nitrogens is 2. The van der Waals surface area contributed by atoms with Gasteiger partial charge in [0.1, 0.15) is 12.3 Å². The number of hydrogen-bond acceptors (Lipinski definition) is 9. The van der Waals surface area contributed by atoms with Crippen molar-refractivity contribution in [1.82, 2.24) is 9.97 Å². The maximum absolute atomic E-state index is 13.1. The van der Waals surface area contributed by atoms with Crippen LogP contribution < -0.4 is 19.7 Å². The molecule has 3 heterocycles. The lowest BCUT2D eigenvalue weighted by molar-refractivity contribution is -0.135. The van der Waals surface area contributed by atoms with Gasteiger partial charge in [0.2, 0.25) is 17.7 Å².